The van der Waals surface area contributed by atoms with Crippen molar-refractivity contribution >= 4 is 12.0 Å². The molecule has 0 aromatic heterocycles. The van der Waals surface area contributed by atoms with Gasteiger partial charge in [0.05, 0.1) is 0 Å². The minimum Gasteiger partial charge on any atom is -0.477 e. The SMILES string of the molecule is CC(C)Cc1cccc(/C=C(/N)C(=O)O)c1. The van der Waals surface area contributed by atoms with Crippen LogP contribution in [0.25, 0.3) is 6.08 Å². The van der Waals surface area contributed by atoms with Gasteiger partial charge in [-0.25, -0.2) is 4.79 Å². The van der Waals surface area contributed by atoms with Crippen LogP contribution in [-0.4, -0.2) is 11.1 Å². The Balaban J connectivity index is 2.90. The Morgan fingerprint density at radius 2 is 2.19 bits per heavy atom. The molecule has 3 nitrogen and oxygen atoms in total. The van der Waals surface area contributed by atoms with E-state index in [0.29, 0.717) is 5.92 Å². The molecule has 0 spiro atoms. The van der Waals surface area contributed by atoms with Gasteiger partial charge in [0.2, 0.25) is 0 Å². The summed E-state index contributed by atoms with van der Waals surface area (Å²) in [5.74, 6) is -0.509. The van der Waals surface area contributed by atoms with Gasteiger partial charge in [0.15, 0.2) is 0 Å². The van der Waals surface area contributed by atoms with E-state index in [2.05, 4.69) is 13.8 Å². The molecule has 0 atom stereocenters. The van der Waals surface area contributed by atoms with Crippen LogP contribution in [0.15, 0.2) is 30.0 Å². The molecule has 0 aliphatic rings. The molecule has 0 saturated heterocycles. The van der Waals surface area contributed by atoms with Crippen molar-refractivity contribution in [1.82, 2.24) is 0 Å². The lowest BCUT2D eigenvalue weighted by Gasteiger charge is -2.05. The molecule has 16 heavy (non-hydrogen) atoms. The van der Waals surface area contributed by atoms with Crippen LogP contribution in [0.2, 0.25) is 0 Å². The van der Waals surface area contributed by atoms with E-state index in [-0.39, 0.29) is 5.70 Å². The normalized spacial score (nSPS) is 11.8. The molecule has 86 valence electrons. The molecule has 3 N–H and O–H groups in total. The Hall–Kier alpha value is -1.77. The lowest BCUT2D eigenvalue weighted by molar-refractivity contribution is -0.132. The third-order valence-electron chi connectivity index (χ3n) is 2.16. The zero-order valence-corrected chi connectivity index (χ0v) is 9.60. The predicted molar refractivity (Wildman–Crippen MR) is 64.8 cm³/mol. The van der Waals surface area contributed by atoms with E-state index in [1.165, 1.54) is 11.6 Å². The van der Waals surface area contributed by atoms with Crippen LogP contribution in [0.3, 0.4) is 0 Å². The molecule has 0 aliphatic heterocycles. The third-order valence-corrected chi connectivity index (χ3v) is 2.16. The first-order valence-corrected chi connectivity index (χ1v) is 5.28. The fourth-order valence-electron chi connectivity index (χ4n) is 1.52. The summed E-state index contributed by atoms with van der Waals surface area (Å²) in [5.41, 5.74) is 7.25. The highest BCUT2D eigenvalue weighted by atomic mass is 16.4. The molecule has 3 heteroatoms. The maximum Gasteiger partial charge on any atom is 0.351 e. The van der Waals surface area contributed by atoms with Crippen molar-refractivity contribution in [2.24, 2.45) is 11.7 Å². The zero-order chi connectivity index (χ0) is 12.1. The molecule has 0 unspecified atom stereocenters. The number of hydrogen-bond acceptors (Lipinski definition) is 2. The molecule has 0 fully saturated rings. The van der Waals surface area contributed by atoms with Crippen molar-refractivity contribution < 1.29 is 9.90 Å². The molecule has 0 amide bonds. The molecule has 1 rings (SSSR count). The lowest BCUT2D eigenvalue weighted by Crippen LogP contribution is -2.09. The van der Waals surface area contributed by atoms with E-state index < -0.39 is 5.97 Å². The Kier molecular flexibility index (Phi) is 4.11. The summed E-state index contributed by atoms with van der Waals surface area (Å²) in [7, 11) is 0. The predicted octanol–water partition coefficient (Wildman–Crippen LogP) is 2.27. The van der Waals surface area contributed by atoms with Crippen molar-refractivity contribution in [2.45, 2.75) is 20.3 Å². The van der Waals surface area contributed by atoms with E-state index in [9.17, 15) is 4.79 Å². The second-order valence-corrected chi connectivity index (χ2v) is 4.25. The maximum absolute atomic E-state index is 10.6. The van der Waals surface area contributed by atoms with Crippen LogP contribution in [0, 0.1) is 5.92 Å². The van der Waals surface area contributed by atoms with Crippen LogP contribution in [-0.2, 0) is 11.2 Å². The molecule has 0 radical (unpaired) electrons. The van der Waals surface area contributed by atoms with E-state index in [1.54, 1.807) is 0 Å². The number of benzene rings is 1. The van der Waals surface area contributed by atoms with E-state index in [4.69, 9.17) is 10.8 Å². The fraction of sp³-hybridized carbons (Fsp3) is 0.308. The van der Waals surface area contributed by atoms with Crippen molar-refractivity contribution in [2.75, 3.05) is 0 Å². The number of nitrogens with two attached hydrogens (primary N) is 1. The number of carbonyl (C=O) groups is 1. The van der Waals surface area contributed by atoms with Gasteiger partial charge in [-0.1, -0.05) is 38.1 Å². The molecule has 0 saturated carbocycles. The van der Waals surface area contributed by atoms with Gasteiger partial charge in [-0.05, 0) is 29.5 Å². The van der Waals surface area contributed by atoms with Gasteiger partial charge in [-0.3, -0.25) is 0 Å². The number of carboxylic acids is 1. The van der Waals surface area contributed by atoms with Crippen molar-refractivity contribution in [3.63, 3.8) is 0 Å². The lowest BCUT2D eigenvalue weighted by atomic mass is 10.0. The van der Waals surface area contributed by atoms with Gasteiger partial charge in [-0.2, -0.15) is 0 Å². The summed E-state index contributed by atoms with van der Waals surface area (Å²) in [6, 6.07) is 7.77. The fourth-order valence-corrected chi connectivity index (χ4v) is 1.52. The summed E-state index contributed by atoms with van der Waals surface area (Å²) >= 11 is 0. The number of hydrogen-bond donors (Lipinski definition) is 2. The first-order chi connectivity index (χ1) is 7.49. The highest BCUT2D eigenvalue weighted by Crippen LogP contribution is 2.12. The van der Waals surface area contributed by atoms with Gasteiger partial charge in [0.1, 0.15) is 5.70 Å². The van der Waals surface area contributed by atoms with Crippen molar-refractivity contribution in [3.8, 4) is 0 Å². The van der Waals surface area contributed by atoms with Crippen LogP contribution in [0.1, 0.15) is 25.0 Å². The van der Waals surface area contributed by atoms with E-state index in [1.807, 2.05) is 24.3 Å². The van der Waals surface area contributed by atoms with Crippen LogP contribution < -0.4 is 5.73 Å². The summed E-state index contributed by atoms with van der Waals surface area (Å²) in [6.45, 7) is 4.29. The molecule has 1 aromatic rings. The molecule has 0 aliphatic carbocycles. The molecular weight excluding hydrogens is 202 g/mol. The molecular formula is C13H17NO2. The summed E-state index contributed by atoms with van der Waals surface area (Å²) in [6.07, 6.45) is 2.46. The van der Waals surface area contributed by atoms with Gasteiger partial charge >= 0.3 is 5.97 Å². The number of rotatable bonds is 4. The second-order valence-electron chi connectivity index (χ2n) is 4.25. The quantitative estimate of drug-likeness (QED) is 0.763. The first-order valence-electron chi connectivity index (χ1n) is 5.28. The molecule has 1 aromatic carbocycles. The molecule has 0 heterocycles. The van der Waals surface area contributed by atoms with Gasteiger partial charge in [-0.15, -0.1) is 0 Å². The van der Waals surface area contributed by atoms with Gasteiger partial charge < -0.3 is 10.8 Å². The second kappa shape index (κ2) is 5.35. The number of aliphatic carboxylic acids is 1. The average Bonchev–Trinajstić information content (AvgIpc) is 2.16. The summed E-state index contributed by atoms with van der Waals surface area (Å²) in [4.78, 5) is 10.6. The maximum atomic E-state index is 10.6. The monoisotopic (exact) mass is 219 g/mol. The van der Waals surface area contributed by atoms with E-state index >= 15 is 0 Å². The standard InChI is InChI=1S/C13H17NO2/c1-9(2)6-10-4-3-5-11(7-10)8-12(14)13(15)16/h3-5,7-9H,6,14H2,1-2H3,(H,15,16)/b12-8+. The average molecular weight is 219 g/mol. The topological polar surface area (TPSA) is 63.3 Å². The Morgan fingerprint density at radius 1 is 1.50 bits per heavy atom. The third kappa shape index (κ3) is 3.77. The van der Waals surface area contributed by atoms with E-state index in [0.717, 1.165) is 12.0 Å². The zero-order valence-electron chi connectivity index (χ0n) is 9.60. The summed E-state index contributed by atoms with van der Waals surface area (Å²) < 4.78 is 0. The van der Waals surface area contributed by atoms with Crippen LogP contribution in [0.5, 0.6) is 0 Å². The highest BCUT2D eigenvalue weighted by Gasteiger charge is 2.02. The van der Waals surface area contributed by atoms with Crippen LogP contribution >= 0.6 is 0 Å². The van der Waals surface area contributed by atoms with Crippen molar-refractivity contribution in [1.29, 1.82) is 0 Å². The number of carboxylic acid groups (broad SMARTS) is 1. The molecule has 0 bridgehead atoms. The Morgan fingerprint density at radius 3 is 2.75 bits per heavy atom. The minimum absolute atomic E-state index is 0.137. The van der Waals surface area contributed by atoms with Gasteiger partial charge in [0, 0.05) is 0 Å². The smallest absolute Gasteiger partial charge is 0.351 e. The first kappa shape index (κ1) is 12.3. The van der Waals surface area contributed by atoms with Crippen LogP contribution in [0.4, 0.5) is 0 Å². The van der Waals surface area contributed by atoms with Crippen molar-refractivity contribution in [3.05, 3.63) is 41.1 Å². The largest absolute Gasteiger partial charge is 0.477 e. The minimum atomic E-state index is -1.09. The Labute approximate surface area is 95.6 Å². The summed E-state index contributed by atoms with van der Waals surface area (Å²) in [5, 5.41) is 8.66. The Bertz CT molecular complexity index is 408. The highest BCUT2D eigenvalue weighted by molar-refractivity contribution is 5.90. The van der Waals surface area contributed by atoms with Gasteiger partial charge in [0.25, 0.3) is 0 Å².